The van der Waals surface area contributed by atoms with Crippen molar-refractivity contribution in [2.45, 2.75) is 70.8 Å². The van der Waals surface area contributed by atoms with E-state index in [9.17, 15) is 0 Å². The van der Waals surface area contributed by atoms with Gasteiger partial charge in [0.15, 0.2) is 0 Å². The Morgan fingerprint density at radius 2 is 2.05 bits per heavy atom. The van der Waals surface area contributed by atoms with E-state index in [0.29, 0.717) is 5.92 Å². The minimum atomic E-state index is 0.706. The van der Waals surface area contributed by atoms with Crippen molar-refractivity contribution in [3.63, 3.8) is 0 Å². The summed E-state index contributed by atoms with van der Waals surface area (Å²) in [6.07, 6.45) is 9.59. The minimum Gasteiger partial charge on any atom is -0.313 e. The maximum atomic E-state index is 3.72. The van der Waals surface area contributed by atoms with Crippen LogP contribution in [0.15, 0.2) is 24.3 Å². The number of hydrogen-bond acceptors (Lipinski definition) is 1. The van der Waals surface area contributed by atoms with Crippen LogP contribution in [-0.4, -0.2) is 12.6 Å². The van der Waals surface area contributed by atoms with E-state index in [1.165, 1.54) is 62.6 Å². The summed E-state index contributed by atoms with van der Waals surface area (Å²) in [5, 5.41) is 3.72. The molecule has 1 nitrogen and oxygen atoms in total. The zero-order valence-corrected chi connectivity index (χ0v) is 12.6. The Balaban J connectivity index is 1.87. The molecule has 1 aromatic rings. The average molecular weight is 259 g/mol. The van der Waals surface area contributed by atoms with Crippen LogP contribution < -0.4 is 5.32 Å². The largest absolute Gasteiger partial charge is 0.313 e. The topological polar surface area (TPSA) is 12.0 Å². The van der Waals surface area contributed by atoms with E-state index >= 15 is 0 Å². The zero-order valence-electron chi connectivity index (χ0n) is 12.6. The second-order valence-corrected chi connectivity index (χ2v) is 6.14. The predicted octanol–water partition coefficient (Wildman–Crippen LogP) is 4.80. The van der Waals surface area contributed by atoms with E-state index in [1.807, 2.05) is 0 Å². The molecule has 2 rings (SSSR count). The molecule has 1 aliphatic rings. The molecule has 0 spiro atoms. The fourth-order valence-corrected chi connectivity index (χ4v) is 2.72. The summed E-state index contributed by atoms with van der Waals surface area (Å²) in [4.78, 5) is 0. The summed E-state index contributed by atoms with van der Waals surface area (Å²) in [7, 11) is 0. The zero-order chi connectivity index (χ0) is 13.5. The molecule has 1 N–H and O–H groups in total. The standard InChI is InChI=1S/C18H29N/c1-3-4-5-6-9-17(14-19-18-11-12-18)16-10-7-8-15(2)13-16/h7-8,10,13,17-19H,3-6,9,11-12,14H2,1-2H3. The van der Waals surface area contributed by atoms with Gasteiger partial charge in [-0.2, -0.15) is 0 Å². The summed E-state index contributed by atoms with van der Waals surface area (Å²) in [5.41, 5.74) is 2.92. The van der Waals surface area contributed by atoms with Crippen molar-refractivity contribution in [1.82, 2.24) is 5.32 Å². The molecule has 0 saturated heterocycles. The fraction of sp³-hybridized carbons (Fsp3) is 0.667. The van der Waals surface area contributed by atoms with Gasteiger partial charge in [-0.1, -0.05) is 62.4 Å². The van der Waals surface area contributed by atoms with Gasteiger partial charge in [0.05, 0.1) is 0 Å². The Hall–Kier alpha value is -0.820. The lowest BCUT2D eigenvalue weighted by Gasteiger charge is -2.18. The third-order valence-corrected chi connectivity index (χ3v) is 4.15. The molecule has 106 valence electrons. The van der Waals surface area contributed by atoms with E-state index in [0.717, 1.165) is 6.04 Å². The highest BCUT2D eigenvalue weighted by Gasteiger charge is 2.22. The molecular formula is C18H29N. The van der Waals surface area contributed by atoms with Crippen LogP contribution in [0.2, 0.25) is 0 Å². The van der Waals surface area contributed by atoms with Crippen molar-refractivity contribution >= 4 is 0 Å². The molecule has 0 radical (unpaired) electrons. The van der Waals surface area contributed by atoms with Gasteiger partial charge in [-0.05, 0) is 37.7 Å². The quantitative estimate of drug-likeness (QED) is 0.628. The molecule has 1 heteroatoms. The highest BCUT2D eigenvalue weighted by Crippen LogP contribution is 2.25. The minimum absolute atomic E-state index is 0.706. The number of nitrogens with one attached hydrogen (secondary N) is 1. The van der Waals surface area contributed by atoms with Crippen molar-refractivity contribution in [3.8, 4) is 0 Å². The molecule has 0 heterocycles. The van der Waals surface area contributed by atoms with Crippen LogP contribution in [0.4, 0.5) is 0 Å². The van der Waals surface area contributed by atoms with E-state index < -0.39 is 0 Å². The van der Waals surface area contributed by atoms with E-state index in [-0.39, 0.29) is 0 Å². The Morgan fingerprint density at radius 1 is 1.21 bits per heavy atom. The molecule has 1 unspecified atom stereocenters. The van der Waals surface area contributed by atoms with Gasteiger partial charge in [0, 0.05) is 12.6 Å². The number of hydrogen-bond donors (Lipinski definition) is 1. The first-order valence-corrected chi connectivity index (χ1v) is 8.09. The van der Waals surface area contributed by atoms with Crippen LogP contribution >= 0.6 is 0 Å². The molecule has 1 aromatic carbocycles. The second-order valence-electron chi connectivity index (χ2n) is 6.14. The van der Waals surface area contributed by atoms with Crippen LogP contribution in [0.5, 0.6) is 0 Å². The first-order valence-electron chi connectivity index (χ1n) is 8.09. The second kappa shape index (κ2) is 7.69. The normalized spacial score (nSPS) is 16.5. The van der Waals surface area contributed by atoms with Crippen LogP contribution in [0.1, 0.15) is 68.9 Å². The van der Waals surface area contributed by atoms with Crippen LogP contribution in [0.3, 0.4) is 0 Å². The number of rotatable bonds is 9. The fourth-order valence-electron chi connectivity index (χ4n) is 2.72. The average Bonchev–Trinajstić information content (AvgIpc) is 3.22. The lowest BCUT2D eigenvalue weighted by molar-refractivity contribution is 0.512. The van der Waals surface area contributed by atoms with Crippen LogP contribution in [-0.2, 0) is 0 Å². The highest BCUT2D eigenvalue weighted by molar-refractivity contribution is 5.25. The SMILES string of the molecule is CCCCCCC(CNC1CC1)c1cccc(C)c1. The van der Waals surface area contributed by atoms with Gasteiger partial charge in [-0.3, -0.25) is 0 Å². The van der Waals surface area contributed by atoms with Gasteiger partial charge in [0.1, 0.15) is 0 Å². The van der Waals surface area contributed by atoms with Gasteiger partial charge in [-0.25, -0.2) is 0 Å². The number of benzene rings is 1. The molecule has 0 amide bonds. The van der Waals surface area contributed by atoms with Gasteiger partial charge in [0.25, 0.3) is 0 Å². The summed E-state index contributed by atoms with van der Waals surface area (Å²) >= 11 is 0. The highest BCUT2D eigenvalue weighted by atomic mass is 14.9. The van der Waals surface area contributed by atoms with Crippen molar-refractivity contribution < 1.29 is 0 Å². The maximum absolute atomic E-state index is 3.72. The van der Waals surface area contributed by atoms with Gasteiger partial charge < -0.3 is 5.32 Å². The molecule has 19 heavy (non-hydrogen) atoms. The van der Waals surface area contributed by atoms with Crippen LogP contribution in [0, 0.1) is 6.92 Å². The first kappa shape index (κ1) is 14.6. The molecule has 1 aliphatic carbocycles. The van der Waals surface area contributed by atoms with Crippen molar-refractivity contribution in [3.05, 3.63) is 35.4 Å². The smallest absolute Gasteiger partial charge is 0.00684 e. The Kier molecular flexibility index (Phi) is 5.91. The van der Waals surface area contributed by atoms with Gasteiger partial charge >= 0.3 is 0 Å². The molecule has 0 aromatic heterocycles. The van der Waals surface area contributed by atoms with E-state index in [1.54, 1.807) is 0 Å². The monoisotopic (exact) mass is 259 g/mol. The van der Waals surface area contributed by atoms with Crippen molar-refractivity contribution in [1.29, 1.82) is 0 Å². The van der Waals surface area contributed by atoms with Gasteiger partial charge in [0.2, 0.25) is 0 Å². The maximum Gasteiger partial charge on any atom is 0.00684 e. The molecule has 0 aliphatic heterocycles. The molecular weight excluding hydrogens is 230 g/mol. The molecule has 1 saturated carbocycles. The van der Waals surface area contributed by atoms with E-state index in [4.69, 9.17) is 0 Å². The summed E-state index contributed by atoms with van der Waals surface area (Å²) in [6, 6.07) is 9.92. The lowest BCUT2D eigenvalue weighted by Crippen LogP contribution is -2.23. The Bertz CT molecular complexity index is 368. The molecule has 1 atom stereocenters. The van der Waals surface area contributed by atoms with Crippen molar-refractivity contribution in [2.75, 3.05) is 6.54 Å². The third-order valence-electron chi connectivity index (χ3n) is 4.15. The predicted molar refractivity (Wildman–Crippen MR) is 83.7 cm³/mol. The Morgan fingerprint density at radius 3 is 2.74 bits per heavy atom. The van der Waals surface area contributed by atoms with Crippen LogP contribution in [0.25, 0.3) is 0 Å². The Labute approximate surface area is 118 Å². The first-order chi connectivity index (χ1) is 9.29. The number of unbranched alkanes of at least 4 members (excludes halogenated alkanes) is 3. The molecule has 0 bridgehead atoms. The van der Waals surface area contributed by atoms with E-state index in [2.05, 4.69) is 43.4 Å². The van der Waals surface area contributed by atoms with Gasteiger partial charge in [-0.15, -0.1) is 0 Å². The van der Waals surface area contributed by atoms with Crippen molar-refractivity contribution in [2.24, 2.45) is 0 Å². The summed E-state index contributed by atoms with van der Waals surface area (Å²) < 4.78 is 0. The third kappa shape index (κ3) is 5.36. The molecule has 1 fully saturated rings. The lowest BCUT2D eigenvalue weighted by atomic mass is 9.92. The summed E-state index contributed by atoms with van der Waals surface area (Å²) in [5.74, 6) is 0.706. The number of aryl methyl sites for hydroxylation is 1. The summed E-state index contributed by atoms with van der Waals surface area (Å²) in [6.45, 7) is 5.65.